The molecule has 0 fully saturated rings. The maximum Gasteiger partial charge on any atom is 0.116 e. The Morgan fingerprint density at radius 2 is 1.60 bits per heavy atom. The second kappa shape index (κ2) is 6.56. The number of nitrogens with zero attached hydrogens (tertiary/aromatic N) is 6. The van der Waals surface area contributed by atoms with Crippen molar-refractivity contribution in [2.24, 2.45) is 0 Å². The number of fused-ring (bicyclic) bond motifs is 2. The number of nitrogens with one attached hydrogen (secondary N) is 2. The lowest BCUT2D eigenvalue weighted by Gasteiger charge is -2.01. The van der Waals surface area contributed by atoms with Gasteiger partial charge in [0.2, 0.25) is 0 Å². The highest BCUT2D eigenvalue weighted by atomic mass is 15.1. The van der Waals surface area contributed by atoms with E-state index in [0.29, 0.717) is 5.69 Å². The molecule has 6 aromatic rings. The standard InChI is InChI=1S/C22H14N8/c1-3-23-4-2-13(1)16-9-25-10-19-14(16)7-18(28-19)22-15-8-17(21-11-24-5-6-26-21)27-12-20(15)29-30-22/h1-12,28H,(H,29,30). The normalized spacial score (nSPS) is 11.3. The number of hydrogen-bond donors (Lipinski definition) is 2. The van der Waals surface area contributed by atoms with Gasteiger partial charge in [-0.05, 0) is 29.8 Å². The van der Waals surface area contributed by atoms with E-state index in [0.717, 1.165) is 50.0 Å². The van der Waals surface area contributed by atoms with E-state index >= 15 is 0 Å². The topological polar surface area (TPSA) is 109 Å². The van der Waals surface area contributed by atoms with E-state index in [4.69, 9.17) is 0 Å². The molecule has 0 spiro atoms. The van der Waals surface area contributed by atoms with Crippen LogP contribution >= 0.6 is 0 Å². The highest BCUT2D eigenvalue weighted by molar-refractivity contribution is 6.00. The summed E-state index contributed by atoms with van der Waals surface area (Å²) in [6.07, 6.45) is 14.0. The van der Waals surface area contributed by atoms with Crippen molar-refractivity contribution in [3.8, 4) is 33.9 Å². The van der Waals surface area contributed by atoms with Crippen LogP contribution in [0.3, 0.4) is 0 Å². The Morgan fingerprint density at radius 3 is 2.47 bits per heavy atom. The van der Waals surface area contributed by atoms with Crippen LogP contribution in [0.5, 0.6) is 0 Å². The van der Waals surface area contributed by atoms with Crippen molar-refractivity contribution in [3.05, 3.63) is 73.8 Å². The molecule has 0 unspecified atom stereocenters. The number of aromatic nitrogens is 8. The van der Waals surface area contributed by atoms with Gasteiger partial charge in [-0.25, -0.2) is 0 Å². The number of rotatable bonds is 3. The molecule has 142 valence electrons. The van der Waals surface area contributed by atoms with E-state index in [9.17, 15) is 0 Å². The zero-order valence-electron chi connectivity index (χ0n) is 15.6. The van der Waals surface area contributed by atoms with Crippen LogP contribution in [0.15, 0.2) is 73.8 Å². The fraction of sp³-hybridized carbons (Fsp3) is 0. The fourth-order valence-electron chi connectivity index (χ4n) is 3.63. The lowest BCUT2D eigenvalue weighted by molar-refractivity contribution is 1.11. The van der Waals surface area contributed by atoms with Crippen LogP contribution in [0, 0.1) is 0 Å². The van der Waals surface area contributed by atoms with Crippen LogP contribution in [0.25, 0.3) is 55.7 Å². The van der Waals surface area contributed by atoms with Gasteiger partial charge in [0.15, 0.2) is 0 Å². The van der Waals surface area contributed by atoms with Gasteiger partial charge in [0.05, 0.1) is 41.0 Å². The molecule has 0 bridgehead atoms. The number of H-pyrrole nitrogens is 2. The summed E-state index contributed by atoms with van der Waals surface area (Å²) in [6, 6.07) is 8.04. The second-order valence-electron chi connectivity index (χ2n) is 6.85. The van der Waals surface area contributed by atoms with Crippen molar-refractivity contribution in [2.45, 2.75) is 0 Å². The molecule has 0 amide bonds. The Morgan fingerprint density at radius 1 is 0.667 bits per heavy atom. The molecule has 0 radical (unpaired) electrons. The number of aromatic amines is 2. The third kappa shape index (κ3) is 2.62. The van der Waals surface area contributed by atoms with Gasteiger partial charge >= 0.3 is 0 Å². The van der Waals surface area contributed by atoms with Gasteiger partial charge < -0.3 is 4.98 Å². The van der Waals surface area contributed by atoms with E-state index in [1.807, 2.05) is 30.6 Å². The lowest BCUT2D eigenvalue weighted by atomic mass is 10.1. The molecule has 0 saturated carbocycles. The summed E-state index contributed by atoms with van der Waals surface area (Å²) < 4.78 is 0. The molecule has 6 heterocycles. The van der Waals surface area contributed by atoms with Crippen LogP contribution in [0.1, 0.15) is 0 Å². The molecule has 2 N–H and O–H groups in total. The summed E-state index contributed by atoms with van der Waals surface area (Å²) in [5.74, 6) is 0. The van der Waals surface area contributed by atoms with Gasteiger partial charge in [-0.15, -0.1) is 0 Å². The monoisotopic (exact) mass is 390 g/mol. The molecule has 30 heavy (non-hydrogen) atoms. The molecular formula is C22H14N8. The van der Waals surface area contributed by atoms with Crippen molar-refractivity contribution in [3.63, 3.8) is 0 Å². The third-order valence-electron chi connectivity index (χ3n) is 5.06. The van der Waals surface area contributed by atoms with Crippen molar-refractivity contribution >= 4 is 21.8 Å². The van der Waals surface area contributed by atoms with Crippen molar-refractivity contribution in [1.82, 2.24) is 40.1 Å². The molecular weight excluding hydrogens is 376 g/mol. The van der Waals surface area contributed by atoms with Gasteiger partial charge in [-0.2, -0.15) is 5.10 Å². The number of hydrogen-bond acceptors (Lipinski definition) is 6. The van der Waals surface area contributed by atoms with Crippen LogP contribution in [0.2, 0.25) is 0 Å². The van der Waals surface area contributed by atoms with Gasteiger partial charge in [0.25, 0.3) is 0 Å². The summed E-state index contributed by atoms with van der Waals surface area (Å²) in [5, 5.41) is 9.63. The molecule has 0 aliphatic heterocycles. The Kier molecular flexibility index (Phi) is 3.60. The quantitative estimate of drug-likeness (QED) is 0.472. The minimum atomic E-state index is 0.715. The van der Waals surface area contributed by atoms with Crippen LogP contribution < -0.4 is 0 Å². The summed E-state index contributed by atoms with van der Waals surface area (Å²) in [7, 11) is 0. The summed E-state index contributed by atoms with van der Waals surface area (Å²) in [4.78, 5) is 24.9. The van der Waals surface area contributed by atoms with Crippen LogP contribution in [0.4, 0.5) is 0 Å². The Hall–Kier alpha value is -4.46. The van der Waals surface area contributed by atoms with Gasteiger partial charge in [0, 0.05) is 47.3 Å². The van der Waals surface area contributed by atoms with E-state index in [1.54, 1.807) is 37.2 Å². The molecule has 0 aliphatic rings. The zero-order valence-corrected chi connectivity index (χ0v) is 15.6. The van der Waals surface area contributed by atoms with E-state index in [1.165, 1.54) is 0 Å². The van der Waals surface area contributed by atoms with Crippen molar-refractivity contribution in [2.75, 3.05) is 0 Å². The van der Waals surface area contributed by atoms with Crippen molar-refractivity contribution < 1.29 is 0 Å². The molecule has 6 aromatic heterocycles. The first-order valence-corrected chi connectivity index (χ1v) is 9.35. The van der Waals surface area contributed by atoms with E-state index in [2.05, 4.69) is 46.2 Å². The van der Waals surface area contributed by atoms with E-state index < -0.39 is 0 Å². The minimum Gasteiger partial charge on any atom is -0.352 e. The Balaban J connectivity index is 1.52. The maximum atomic E-state index is 4.54. The van der Waals surface area contributed by atoms with Crippen LogP contribution in [-0.4, -0.2) is 40.1 Å². The third-order valence-corrected chi connectivity index (χ3v) is 5.06. The SMILES string of the molecule is c1cc(-c2cncc3[nH]c(-c4n[nH]c5cnc(-c6cnccn6)cc45)cc23)ccn1. The first kappa shape index (κ1) is 16.5. The van der Waals surface area contributed by atoms with Crippen LogP contribution in [-0.2, 0) is 0 Å². The Labute approximate surface area is 170 Å². The molecule has 0 aliphatic carbocycles. The summed E-state index contributed by atoms with van der Waals surface area (Å²) in [6.45, 7) is 0. The molecule has 0 saturated heterocycles. The van der Waals surface area contributed by atoms with Gasteiger partial charge in [-0.3, -0.25) is 30.0 Å². The Bertz CT molecular complexity index is 1490. The van der Waals surface area contributed by atoms with E-state index in [-0.39, 0.29) is 0 Å². The van der Waals surface area contributed by atoms with Gasteiger partial charge in [0.1, 0.15) is 11.4 Å². The summed E-state index contributed by atoms with van der Waals surface area (Å²) in [5.41, 5.74) is 7.07. The zero-order chi connectivity index (χ0) is 19.9. The first-order chi connectivity index (χ1) is 14.9. The summed E-state index contributed by atoms with van der Waals surface area (Å²) >= 11 is 0. The molecule has 0 aromatic carbocycles. The predicted molar refractivity (Wildman–Crippen MR) is 113 cm³/mol. The second-order valence-corrected chi connectivity index (χ2v) is 6.85. The lowest BCUT2D eigenvalue weighted by Crippen LogP contribution is -1.88. The largest absolute Gasteiger partial charge is 0.352 e. The first-order valence-electron chi connectivity index (χ1n) is 9.35. The highest BCUT2D eigenvalue weighted by Crippen LogP contribution is 2.33. The molecule has 0 atom stereocenters. The smallest absolute Gasteiger partial charge is 0.116 e. The molecule has 8 nitrogen and oxygen atoms in total. The maximum absolute atomic E-state index is 4.54. The van der Waals surface area contributed by atoms with Gasteiger partial charge in [-0.1, -0.05) is 0 Å². The molecule has 8 heteroatoms. The minimum absolute atomic E-state index is 0.715. The average molecular weight is 390 g/mol. The number of pyridine rings is 3. The predicted octanol–water partition coefficient (Wildman–Crippen LogP) is 4.02. The highest BCUT2D eigenvalue weighted by Gasteiger charge is 2.15. The average Bonchev–Trinajstić information content (AvgIpc) is 3.43. The fourth-order valence-corrected chi connectivity index (χ4v) is 3.63. The van der Waals surface area contributed by atoms with Crippen molar-refractivity contribution in [1.29, 1.82) is 0 Å². The molecule has 6 rings (SSSR count).